The van der Waals surface area contributed by atoms with Crippen LogP contribution >= 0.6 is 0 Å². The Morgan fingerprint density at radius 1 is 0.136 bits per heavy atom. The Morgan fingerprint density at radius 3 is 0.701 bits per heavy atom. The zero-order valence-electron chi connectivity index (χ0n) is 84.3. The van der Waals surface area contributed by atoms with Crippen molar-refractivity contribution >= 4 is 107 Å². The molecule has 147 heavy (non-hydrogen) atoms. The number of nitrogens with zero attached hydrogens (tertiary/aromatic N) is 7. The lowest BCUT2D eigenvalue weighted by Gasteiger charge is -2.27. The molecule has 22 aromatic rings. The number of anilines is 17. The van der Waals surface area contributed by atoms with Crippen molar-refractivity contribution in [1.29, 1.82) is 0 Å². The van der Waals surface area contributed by atoms with Crippen LogP contribution in [0.15, 0.2) is 564 Å². The second-order valence-corrected chi connectivity index (χ2v) is 38.7. The molecule has 2 aliphatic rings. The van der Waals surface area contributed by atoms with Crippen molar-refractivity contribution in [3.8, 4) is 77.9 Å². The fourth-order valence-corrected chi connectivity index (χ4v) is 20.8. The summed E-state index contributed by atoms with van der Waals surface area (Å²) in [6, 6.07) is 201. The van der Waals surface area contributed by atoms with Gasteiger partial charge < -0.3 is 34.3 Å². The Labute approximate surface area is 866 Å². The minimum atomic E-state index is -0.00457. The standard InChI is InChI=1S/C40H34N2.2C37H30N2.C26H23N/c1-40(2)38-17-11-10-16-36(38)37-27-26-35(28-39(37)40)41(3)31-22-18-29(19-23-31)30-20-24-34(25-21-30)42(32-12-6-4-7-13-32)33-14-8-5-9-15-33;1-38(33-23-17-30(18-24-33)29-11-5-2-6-12-29)34-25-19-31(20-26-34)32-21-27-37(28-22-32)39(35-13-7-3-8-14-35)36-15-9-4-10-16-36;1-38(33-21-17-31(18-22-33)29-11-5-2-6-12-29)34-25-27-37(28-26-34)39(35-15-9-4-10-16-35)36-23-19-32(20-24-36)30-13-7-3-8-14-30;1-26(2)22-12-7-6-11-21(22)25-23(26)13-8-14-24(25)27(3)20-16-15-18-9-4-5-10-19(18)17-20/h4-28H,1-3H3;2*2-28H,1H3;4-17H,1-3H3. The van der Waals surface area contributed by atoms with Crippen LogP contribution < -0.4 is 34.3 Å². The normalized spacial score (nSPS) is 11.9. The first-order valence-electron chi connectivity index (χ1n) is 50.6. The molecule has 0 unspecified atom stereocenters. The molecule has 0 spiro atoms. The zero-order chi connectivity index (χ0) is 100. The summed E-state index contributed by atoms with van der Waals surface area (Å²) < 4.78 is 0. The van der Waals surface area contributed by atoms with Crippen molar-refractivity contribution in [3.63, 3.8) is 0 Å². The van der Waals surface area contributed by atoms with E-state index in [2.05, 4.69) is 642 Å². The van der Waals surface area contributed by atoms with Crippen molar-refractivity contribution in [2.75, 3.05) is 62.5 Å². The number of para-hydroxylation sites is 5. The Balaban J connectivity index is 0.000000116. The van der Waals surface area contributed by atoms with E-state index in [4.69, 9.17) is 0 Å². The molecule has 0 radical (unpaired) electrons. The third-order valence-electron chi connectivity index (χ3n) is 29.0. The molecule has 712 valence electrons. The fourth-order valence-electron chi connectivity index (χ4n) is 20.8. The molecule has 24 rings (SSSR count). The molecule has 22 aromatic carbocycles. The fraction of sp³-hybridized carbons (Fsp3) is 0.0714. The third-order valence-corrected chi connectivity index (χ3v) is 29.0. The van der Waals surface area contributed by atoms with Gasteiger partial charge in [-0.1, -0.05) is 392 Å². The van der Waals surface area contributed by atoms with Crippen LogP contribution in [0.2, 0.25) is 0 Å². The third kappa shape index (κ3) is 20.4. The minimum Gasteiger partial charge on any atom is -0.345 e. The average Bonchev–Trinajstić information content (AvgIpc) is 1.57. The number of hydrogen-bond donors (Lipinski definition) is 0. The number of fused-ring (bicyclic) bond motifs is 7. The zero-order valence-corrected chi connectivity index (χ0v) is 84.3. The van der Waals surface area contributed by atoms with Crippen molar-refractivity contribution in [2.45, 2.75) is 38.5 Å². The van der Waals surface area contributed by atoms with Crippen LogP contribution in [0.25, 0.3) is 88.7 Å². The molecular formula is C140H117N7. The van der Waals surface area contributed by atoms with Crippen LogP contribution in [0.1, 0.15) is 49.9 Å². The molecular weight excluding hydrogens is 1780 g/mol. The predicted octanol–water partition coefficient (Wildman–Crippen LogP) is 38.3. The van der Waals surface area contributed by atoms with Gasteiger partial charge in [-0.05, 0) is 306 Å². The summed E-state index contributed by atoms with van der Waals surface area (Å²) in [6.07, 6.45) is 0. The Hall–Kier alpha value is -18.3. The molecule has 2 aliphatic carbocycles. The van der Waals surface area contributed by atoms with Gasteiger partial charge in [0.05, 0.1) is 0 Å². The van der Waals surface area contributed by atoms with Gasteiger partial charge >= 0.3 is 0 Å². The van der Waals surface area contributed by atoms with Gasteiger partial charge in [0.1, 0.15) is 0 Å². The first-order chi connectivity index (χ1) is 72.1. The van der Waals surface area contributed by atoms with Gasteiger partial charge in [-0.25, -0.2) is 0 Å². The van der Waals surface area contributed by atoms with Crippen LogP contribution in [0, 0.1) is 0 Å². The molecule has 0 saturated heterocycles. The SMILES string of the molecule is CN(c1ccc(-c2ccc(N(c3ccccc3)c3ccccc3)cc2)cc1)c1ccc2c(c1)C(C)(C)c1ccccc1-2.CN(c1ccc(-c2ccccc2)cc1)c1ccc(-c2ccc(N(c3ccccc3)c3ccccc3)cc2)cc1.CN(c1ccc(-c2ccccc2)cc1)c1ccc(N(c2ccccc2)c2ccc(-c3ccccc3)cc2)cc1.CN(c1ccc2ccccc2c1)c1cccc2c1-c1ccccc1C2(C)C. The molecule has 7 nitrogen and oxygen atoms in total. The summed E-state index contributed by atoms with van der Waals surface area (Å²) in [6.45, 7) is 9.33. The summed E-state index contributed by atoms with van der Waals surface area (Å²) >= 11 is 0. The Kier molecular flexibility index (Phi) is 27.7. The number of hydrogen-bond acceptors (Lipinski definition) is 7. The van der Waals surface area contributed by atoms with Crippen LogP contribution in [-0.4, -0.2) is 28.2 Å². The number of rotatable bonds is 22. The summed E-state index contributed by atoms with van der Waals surface area (Å²) in [5, 5.41) is 2.55. The lowest BCUT2D eigenvalue weighted by molar-refractivity contribution is 0.660. The smallest absolute Gasteiger partial charge is 0.0491 e. The van der Waals surface area contributed by atoms with Gasteiger partial charge in [-0.3, -0.25) is 0 Å². The first kappa shape index (κ1) is 94.9. The lowest BCUT2D eigenvalue weighted by Crippen LogP contribution is -2.16. The topological polar surface area (TPSA) is 22.7 Å². The van der Waals surface area contributed by atoms with E-state index in [1.54, 1.807) is 0 Å². The van der Waals surface area contributed by atoms with Gasteiger partial charge in [-0.2, -0.15) is 0 Å². The minimum absolute atomic E-state index is 0.00457. The monoisotopic (exact) mass is 1900 g/mol. The first-order valence-corrected chi connectivity index (χ1v) is 50.6. The van der Waals surface area contributed by atoms with Gasteiger partial charge in [-0.15, -0.1) is 0 Å². The second-order valence-electron chi connectivity index (χ2n) is 38.7. The highest BCUT2D eigenvalue weighted by Gasteiger charge is 2.38. The average molecular weight is 1900 g/mol. The summed E-state index contributed by atoms with van der Waals surface area (Å²) in [7, 11) is 8.56. The molecule has 0 amide bonds. The van der Waals surface area contributed by atoms with Crippen LogP contribution in [0.4, 0.5) is 96.7 Å². The molecule has 0 heterocycles. The van der Waals surface area contributed by atoms with E-state index < -0.39 is 0 Å². The predicted molar refractivity (Wildman–Crippen MR) is 628 cm³/mol. The maximum atomic E-state index is 2.37. The van der Waals surface area contributed by atoms with Crippen LogP contribution in [-0.2, 0) is 10.8 Å². The largest absolute Gasteiger partial charge is 0.345 e. The van der Waals surface area contributed by atoms with E-state index in [-0.39, 0.29) is 10.8 Å². The van der Waals surface area contributed by atoms with Gasteiger partial charge in [0, 0.05) is 141 Å². The molecule has 0 N–H and O–H groups in total. The molecule has 0 atom stereocenters. The van der Waals surface area contributed by atoms with Crippen molar-refractivity contribution < 1.29 is 0 Å². The van der Waals surface area contributed by atoms with E-state index >= 15 is 0 Å². The van der Waals surface area contributed by atoms with Crippen LogP contribution in [0.3, 0.4) is 0 Å². The molecule has 7 heteroatoms. The highest BCUT2D eigenvalue weighted by molar-refractivity contribution is 5.95. The Morgan fingerprint density at radius 2 is 0.354 bits per heavy atom. The van der Waals surface area contributed by atoms with E-state index in [0.29, 0.717) is 0 Å². The van der Waals surface area contributed by atoms with E-state index in [0.717, 1.165) is 73.9 Å². The van der Waals surface area contributed by atoms with E-state index in [1.165, 1.54) is 134 Å². The number of benzene rings is 22. The van der Waals surface area contributed by atoms with Gasteiger partial charge in [0.15, 0.2) is 0 Å². The molecule has 0 fully saturated rings. The van der Waals surface area contributed by atoms with Gasteiger partial charge in [0.2, 0.25) is 0 Å². The molecule has 0 aromatic heterocycles. The second kappa shape index (κ2) is 42.9. The van der Waals surface area contributed by atoms with Crippen molar-refractivity contribution in [3.05, 3.63) is 586 Å². The molecule has 0 aliphatic heterocycles. The maximum absolute atomic E-state index is 2.37. The highest BCUT2D eigenvalue weighted by Crippen LogP contribution is 2.55. The van der Waals surface area contributed by atoms with Crippen LogP contribution in [0.5, 0.6) is 0 Å². The quantitative estimate of drug-likeness (QED) is 0.0666. The van der Waals surface area contributed by atoms with E-state index in [1.807, 2.05) is 12.1 Å². The summed E-state index contributed by atoms with van der Waals surface area (Å²) in [5.74, 6) is 0. The van der Waals surface area contributed by atoms with Crippen molar-refractivity contribution in [2.24, 2.45) is 0 Å². The lowest BCUT2D eigenvalue weighted by atomic mass is 9.82. The van der Waals surface area contributed by atoms with Crippen molar-refractivity contribution in [1.82, 2.24) is 0 Å². The van der Waals surface area contributed by atoms with E-state index in [9.17, 15) is 0 Å². The summed E-state index contributed by atoms with van der Waals surface area (Å²) in [5.41, 5.74) is 42.9. The Bertz CT molecular complexity index is 8090. The highest BCUT2D eigenvalue weighted by atomic mass is 15.2. The molecule has 0 saturated carbocycles. The maximum Gasteiger partial charge on any atom is 0.0491 e. The summed E-state index contributed by atoms with van der Waals surface area (Å²) in [4.78, 5) is 15.9. The molecule has 0 bridgehead atoms. The van der Waals surface area contributed by atoms with Gasteiger partial charge in [0.25, 0.3) is 0 Å².